The number of methoxy groups -OCH3 is 1. The highest BCUT2D eigenvalue weighted by Crippen LogP contribution is 2.30. The van der Waals surface area contributed by atoms with E-state index in [1.807, 2.05) is 39.0 Å². The highest BCUT2D eigenvalue weighted by molar-refractivity contribution is 6.04. The van der Waals surface area contributed by atoms with E-state index in [-0.39, 0.29) is 5.78 Å². The predicted molar refractivity (Wildman–Crippen MR) is 83.1 cm³/mol. The second-order valence-corrected chi connectivity index (χ2v) is 4.80. The van der Waals surface area contributed by atoms with Gasteiger partial charge in [-0.15, -0.1) is 0 Å². The van der Waals surface area contributed by atoms with Gasteiger partial charge in [0, 0.05) is 13.7 Å². The molecule has 0 saturated carbocycles. The minimum atomic E-state index is -0.768. The normalized spacial score (nSPS) is 11.4. The average molecular weight is 294 g/mol. The molecule has 0 fully saturated rings. The van der Waals surface area contributed by atoms with Crippen LogP contribution in [0.25, 0.3) is 0 Å². The quantitative estimate of drug-likeness (QED) is 0.489. The Hall–Kier alpha value is -1.39. The Morgan fingerprint density at radius 2 is 1.76 bits per heavy atom. The number of para-hydroxylation sites is 1. The number of rotatable bonds is 10. The lowest BCUT2D eigenvalue weighted by atomic mass is 9.87. The molecule has 0 amide bonds. The Balaban J connectivity index is 3.04. The van der Waals surface area contributed by atoms with Crippen LogP contribution in [0.2, 0.25) is 0 Å². The van der Waals surface area contributed by atoms with Crippen molar-refractivity contribution in [1.29, 1.82) is 0 Å². The third-order valence-corrected chi connectivity index (χ3v) is 3.65. The zero-order valence-corrected chi connectivity index (χ0v) is 13.5. The standard InChI is InChI=1S/C17H26O4/c1-5-17(6-2,21-7-3)16(18)14-10-8-9-11-15(14)20-13-12-19-4/h8-11H,5-7,12-13H2,1-4H3. The van der Waals surface area contributed by atoms with Gasteiger partial charge in [-0.2, -0.15) is 0 Å². The van der Waals surface area contributed by atoms with Crippen molar-refractivity contribution in [2.45, 2.75) is 39.2 Å². The zero-order chi connectivity index (χ0) is 15.7. The third kappa shape index (κ3) is 4.29. The SMILES string of the molecule is CCOC(CC)(CC)C(=O)c1ccccc1OCCOC. The van der Waals surface area contributed by atoms with Crippen molar-refractivity contribution in [1.82, 2.24) is 0 Å². The van der Waals surface area contributed by atoms with Gasteiger partial charge in [-0.3, -0.25) is 4.79 Å². The molecule has 0 aliphatic carbocycles. The molecule has 21 heavy (non-hydrogen) atoms. The van der Waals surface area contributed by atoms with Crippen molar-refractivity contribution in [2.75, 3.05) is 26.9 Å². The molecule has 0 spiro atoms. The summed E-state index contributed by atoms with van der Waals surface area (Å²) in [5, 5.41) is 0. The minimum Gasteiger partial charge on any atom is -0.490 e. The van der Waals surface area contributed by atoms with Crippen molar-refractivity contribution in [3.05, 3.63) is 29.8 Å². The first-order valence-electron chi connectivity index (χ1n) is 7.54. The van der Waals surface area contributed by atoms with Crippen molar-refractivity contribution in [2.24, 2.45) is 0 Å². The van der Waals surface area contributed by atoms with Crippen molar-refractivity contribution < 1.29 is 19.0 Å². The number of ketones is 1. The second-order valence-electron chi connectivity index (χ2n) is 4.80. The molecule has 4 heteroatoms. The van der Waals surface area contributed by atoms with Crippen molar-refractivity contribution in [3.8, 4) is 5.75 Å². The largest absolute Gasteiger partial charge is 0.490 e. The molecular weight excluding hydrogens is 268 g/mol. The van der Waals surface area contributed by atoms with E-state index in [2.05, 4.69) is 0 Å². The number of benzene rings is 1. The second kappa shape index (κ2) is 8.80. The molecule has 4 nitrogen and oxygen atoms in total. The number of hydrogen-bond acceptors (Lipinski definition) is 4. The Morgan fingerprint density at radius 1 is 1.10 bits per heavy atom. The Labute approximate surface area is 127 Å². The molecule has 1 aromatic rings. The molecule has 0 atom stereocenters. The number of carbonyl (C=O) groups excluding carboxylic acids is 1. The lowest BCUT2D eigenvalue weighted by molar-refractivity contribution is -0.0252. The summed E-state index contributed by atoms with van der Waals surface area (Å²) in [6.45, 7) is 7.28. The summed E-state index contributed by atoms with van der Waals surface area (Å²) in [5.41, 5.74) is -0.194. The minimum absolute atomic E-state index is 0.0117. The first kappa shape index (κ1) is 17.7. The summed E-state index contributed by atoms with van der Waals surface area (Å²) >= 11 is 0. The molecule has 1 aromatic carbocycles. The zero-order valence-electron chi connectivity index (χ0n) is 13.5. The molecule has 0 aliphatic rings. The molecule has 118 valence electrons. The van der Waals surface area contributed by atoms with Crippen LogP contribution in [0, 0.1) is 0 Å². The number of Topliss-reactive ketones (excluding diaryl/α,β-unsaturated/α-hetero) is 1. The predicted octanol–water partition coefficient (Wildman–Crippen LogP) is 3.49. The number of carbonyl (C=O) groups is 1. The third-order valence-electron chi connectivity index (χ3n) is 3.65. The number of hydrogen-bond donors (Lipinski definition) is 0. The molecular formula is C17H26O4. The van der Waals surface area contributed by atoms with Gasteiger partial charge in [-0.05, 0) is 31.9 Å². The summed E-state index contributed by atoms with van der Waals surface area (Å²) in [7, 11) is 1.62. The van der Waals surface area contributed by atoms with E-state index in [0.29, 0.717) is 44.0 Å². The molecule has 0 aliphatic heterocycles. The molecule has 0 aromatic heterocycles. The van der Waals surface area contributed by atoms with Crippen LogP contribution in [0.15, 0.2) is 24.3 Å². The van der Waals surface area contributed by atoms with Gasteiger partial charge in [0.2, 0.25) is 0 Å². The summed E-state index contributed by atoms with van der Waals surface area (Å²) in [4.78, 5) is 12.9. The van der Waals surface area contributed by atoms with Gasteiger partial charge in [0.15, 0.2) is 5.78 Å². The van der Waals surface area contributed by atoms with Crippen LogP contribution in [-0.4, -0.2) is 38.3 Å². The van der Waals surface area contributed by atoms with Crippen LogP contribution in [0.4, 0.5) is 0 Å². The smallest absolute Gasteiger partial charge is 0.198 e. The Bertz CT molecular complexity index is 438. The Morgan fingerprint density at radius 3 is 2.33 bits per heavy atom. The van der Waals surface area contributed by atoms with Crippen LogP contribution < -0.4 is 4.74 Å². The van der Waals surface area contributed by atoms with Crippen LogP contribution in [0.5, 0.6) is 5.75 Å². The van der Waals surface area contributed by atoms with E-state index in [0.717, 1.165) is 0 Å². The van der Waals surface area contributed by atoms with Gasteiger partial charge in [0.1, 0.15) is 18.0 Å². The van der Waals surface area contributed by atoms with Gasteiger partial charge in [0.05, 0.1) is 12.2 Å². The fourth-order valence-corrected chi connectivity index (χ4v) is 2.38. The van der Waals surface area contributed by atoms with E-state index in [1.54, 1.807) is 13.2 Å². The summed E-state index contributed by atoms with van der Waals surface area (Å²) in [6, 6.07) is 7.31. The molecule has 0 bridgehead atoms. The molecule has 0 radical (unpaired) electrons. The summed E-state index contributed by atoms with van der Waals surface area (Å²) in [5.74, 6) is 0.577. The van der Waals surface area contributed by atoms with Crippen LogP contribution >= 0.6 is 0 Å². The maximum Gasteiger partial charge on any atom is 0.198 e. The van der Waals surface area contributed by atoms with Crippen LogP contribution in [0.1, 0.15) is 44.0 Å². The lowest BCUT2D eigenvalue weighted by Gasteiger charge is -2.30. The average Bonchev–Trinajstić information content (AvgIpc) is 2.53. The molecule has 0 N–H and O–H groups in total. The van der Waals surface area contributed by atoms with Gasteiger partial charge in [-0.25, -0.2) is 0 Å². The van der Waals surface area contributed by atoms with Crippen LogP contribution in [-0.2, 0) is 9.47 Å². The van der Waals surface area contributed by atoms with Crippen LogP contribution in [0.3, 0.4) is 0 Å². The first-order chi connectivity index (χ1) is 10.1. The van der Waals surface area contributed by atoms with Gasteiger partial charge in [0.25, 0.3) is 0 Å². The van der Waals surface area contributed by atoms with Crippen molar-refractivity contribution in [3.63, 3.8) is 0 Å². The van der Waals surface area contributed by atoms with Gasteiger partial charge >= 0.3 is 0 Å². The van der Waals surface area contributed by atoms with Gasteiger partial charge in [-0.1, -0.05) is 26.0 Å². The highest BCUT2D eigenvalue weighted by Gasteiger charge is 2.37. The fourth-order valence-electron chi connectivity index (χ4n) is 2.38. The van der Waals surface area contributed by atoms with E-state index < -0.39 is 5.60 Å². The Kier molecular flexibility index (Phi) is 7.40. The highest BCUT2D eigenvalue weighted by atomic mass is 16.5. The molecule has 1 rings (SSSR count). The monoisotopic (exact) mass is 294 g/mol. The maximum absolute atomic E-state index is 12.9. The first-order valence-corrected chi connectivity index (χ1v) is 7.54. The topological polar surface area (TPSA) is 44.8 Å². The number of ether oxygens (including phenoxy) is 3. The van der Waals surface area contributed by atoms with E-state index >= 15 is 0 Å². The van der Waals surface area contributed by atoms with Crippen molar-refractivity contribution >= 4 is 5.78 Å². The summed E-state index contributed by atoms with van der Waals surface area (Å²) < 4.78 is 16.4. The fraction of sp³-hybridized carbons (Fsp3) is 0.588. The molecule has 0 saturated heterocycles. The van der Waals surface area contributed by atoms with E-state index in [4.69, 9.17) is 14.2 Å². The molecule has 0 heterocycles. The van der Waals surface area contributed by atoms with E-state index in [9.17, 15) is 4.79 Å². The lowest BCUT2D eigenvalue weighted by Crippen LogP contribution is -2.40. The maximum atomic E-state index is 12.9. The van der Waals surface area contributed by atoms with E-state index in [1.165, 1.54) is 0 Å². The molecule has 0 unspecified atom stereocenters. The summed E-state index contributed by atoms with van der Waals surface area (Å²) in [6.07, 6.45) is 1.28. The van der Waals surface area contributed by atoms with Gasteiger partial charge < -0.3 is 14.2 Å².